The van der Waals surface area contributed by atoms with Gasteiger partial charge in [0.05, 0.1) is 11.3 Å². The van der Waals surface area contributed by atoms with Crippen LogP contribution in [0.2, 0.25) is 0 Å². The quantitative estimate of drug-likeness (QED) is 0.713. The van der Waals surface area contributed by atoms with Crippen molar-refractivity contribution in [2.75, 3.05) is 10.0 Å². The first-order valence-electron chi connectivity index (χ1n) is 7.55. The van der Waals surface area contributed by atoms with E-state index in [1.165, 1.54) is 18.2 Å². The molecule has 128 valence electrons. The molecule has 0 amide bonds. The van der Waals surface area contributed by atoms with Crippen molar-refractivity contribution < 1.29 is 18.3 Å². The molecule has 1 unspecified atom stereocenters. The van der Waals surface area contributed by atoms with Crippen molar-refractivity contribution in [2.24, 2.45) is 0 Å². The molecule has 24 heavy (non-hydrogen) atoms. The van der Waals surface area contributed by atoms with Gasteiger partial charge in [-0.05, 0) is 43.7 Å². The maximum Gasteiger partial charge on any atom is 0.335 e. The molecule has 0 spiro atoms. The van der Waals surface area contributed by atoms with Crippen LogP contribution in [0.3, 0.4) is 0 Å². The summed E-state index contributed by atoms with van der Waals surface area (Å²) in [5, 5.41) is 12.3. The molecule has 0 bridgehead atoms. The van der Waals surface area contributed by atoms with Crippen molar-refractivity contribution in [1.29, 1.82) is 0 Å². The Labute approximate surface area is 141 Å². The van der Waals surface area contributed by atoms with Gasteiger partial charge in [-0.1, -0.05) is 25.1 Å². The number of hydrogen-bond donors (Lipinski definition) is 3. The number of carboxylic acids is 1. The summed E-state index contributed by atoms with van der Waals surface area (Å²) in [6.07, 6.45) is 0.798. The summed E-state index contributed by atoms with van der Waals surface area (Å²) < 4.78 is 27.9. The van der Waals surface area contributed by atoms with E-state index in [0.29, 0.717) is 11.4 Å². The lowest BCUT2D eigenvalue weighted by Crippen LogP contribution is -2.20. The second-order valence-electron chi connectivity index (χ2n) is 5.44. The highest BCUT2D eigenvalue weighted by Crippen LogP contribution is 2.26. The van der Waals surface area contributed by atoms with Crippen molar-refractivity contribution >= 4 is 27.4 Å². The fourth-order valence-electron chi connectivity index (χ4n) is 2.08. The minimum atomic E-state index is -3.93. The maximum atomic E-state index is 12.7. The normalized spacial score (nSPS) is 12.4. The molecule has 0 aliphatic carbocycles. The van der Waals surface area contributed by atoms with E-state index >= 15 is 0 Å². The average molecular weight is 348 g/mol. The van der Waals surface area contributed by atoms with Crippen LogP contribution >= 0.6 is 0 Å². The molecule has 0 fully saturated rings. The van der Waals surface area contributed by atoms with E-state index < -0.39 is 16.0 Å². The summed E-state index contributed by atoms with van der Waals surface area (Å²) in [6, 6.07) is 12.5. The van der Waals surface area contributed by atoms with Gasteiger partial charge in [0, 0.05) is 11.7 Å². The predicted molar refractivity (Wildman–Crippen MR) is 94.0 cm³/mol. The molecule has 2 rings (SSSR count). The summed E-state index contributed by atoms with van der Waals surface area (Å²) in [7, 11) is -3.93. The van der Waals surface area contributed by atoms with E-state index in [1.54, 1.807) is 30.3 Å². The molecule has 2 aromatic carbocycles. The second kappa shape index (κ2) is 7.35. The number of carboxylic acid groups (broad SMARTS) is 1. The van der Waals surface area contributed by atoms with Crippen molar-refractivity contribution in [1.82, 2.24) is 0 Å². The van der Waals surface area contributed by atoms with E-state index in [1.807, 2.05) is 13.8 Å². The first-order chi connectivity index (χ1) is 11.3. The average Bonchev–Trinajstić information content (AvgIpc) is 2.55. The number of para-hydroxylation sites is 1. The Hall–Kier alpha value is -2.54. The molecule has 7 heteroatoms. The zero-order valence-corrected chi connectivity index (χ0v) is 14.3. The molecule has 0 saturated carbocycles. The van der Waals surface area contributed by atoms with Gasteiger partial charge in [-0.25, -0.2) is 13.2 Å². The summed E-state index contributed by atoms with van der Waals surface area (Å²) in [4.78, 5) is 11.1. The summed E-state index contributed by atoms with van der Waals surface area (Å²) in [6.45, 7) is 3.89. The third-order valence-corrected chi connectivity index (χ3v) is 4.98. The lowest BCUT2D eigenvalue weighted by Gasteiger charge is -2.18. The Morgan fingerprint density at radius 2 is 1.83 bits per heavy atom. The van der Waals surface area contributed by atoms with Crippen LogP contribution in [-0.2, 0) is 10.0 Å². The van der Waals surface area contributed by atoms with Crippen LogP contribution in [0.25, 0.3) is 0 Å². The molecule has 0 heterocycles. The number of benzene rings is 2. The summed E-state index contributed by atoms with van der Waals surface area (Å²) in [5.41, 5.74) is 0.698. The standard InChI is InChI=1S/C17H20N2O4S/c1-3-12(2)18-15-10-9-13(17(20)21)11-16(15)24(22,23)19-14-7-5-4-6-8-14/h4-12,18-19H,3H2,1-2H3,(H,20,21). The topological polar surface area (TPSA) is 95.5 Å². The van der Waals surface area contributed by atoms with E-state index in [2.05, 4.69) is 10.0 Å². The predicted octanol–water partition coefficient (Wildman–Crippen LogP) is 3.40. The Morgan fingerprint density at radius 1 is 1.17 bits per heavy atom. The molecule has 3 N–H and O–H groups in total. The molecule has 0 saturated heterocycles. The molecule has 0 aliphatic heterocycles. The van der Waals surface area contributed by atoms with Gasteiger partial charge in [0.25, 0.3) is 10.0 Å². The molecule has 0 aliphatic rings. The number of carbonyl (C=O) groups is 1. The first-order valence-corrected chi connectivity index (χ1v) is 9.03. The van der Waals surface area contributed by atoms with Gasteiger partial charge in [0.1, 0.15) is 4.90 Å². The molecule has 2 aromatic rings. The number of anilines is 2. The van der Waals surface area contributed by atoms with Crippen molar-refractivity contribution in [3.63, 3.8) is 0 Å². The Balaban J connectivity index is 2.47. The Kier molecular flexibility index (Phi) is 5.46. The SMILES string of the molecule is CCC(C)Nc1ccc(C(=O)O)cc1S(=O)(=O)Nc1ccccc1. The summed E-state index contributed by atoms with van der Waals surface area (Å²) in [5.74, 6) is -1.18. The molecule has 1 atom stereocenters. The first kappa shape index (κ1) is 17.8. The smallest absolute Gasteiger partial charge is 0.335 e. The van der Waals surface area contributed by atoms with Crippen LogP contribution in [0.4, 0.5) is 11.4 Å². The van der Waals surface area contributed by atoms with Crippen molar-refractivity contribution in [3.05, 3.63) is 54.1 Å². The van der Waals surface area contributed by atoms with Crippen molar-refractivity contribution in [2.45, 2.75) is 31.2 Å². The van der Waals surface area contributed by atoms with Crippen LogP contribution in [0, 0.1) is 0 Å². The largest absolute Gasteiger partial charge is 0.478 e. The van der Waals surface area contributed by atoms with Gasteiger partial charge in [0.15, 0.2) is 0 Å². The molecule has 0 aromatic heterocycles. The van der Waals surface area contributed by atoms with Gasteiger partial charge in [0.2, 0.25) is 0 Å². The van der Waals surface area contributed by atoms with E-state index in [4.69, 9.17) is 5.11 Å². The Bertz CT molecular complexity index is 820. The van der Waals surface area contributed by atoms with Crippen LogP contribution < -0.4 is 10.0 Å². The van der Waals surface area contributed by atoms with Crippen LogP contribution in [0.15, 0.2) is 53.4 Å². The van der Waals surface area contributed by atoms with Gasteiger partial charge in [-0.3, -0.25) is 4.72 Å². The second-order valence-corrected chi connectivity index (χ2v) is 7.09. The van der Waals surface area contributed by atoms with E-state index in [-0.39, 0.29) is 16.5 Å². The molecule has 6 nitrogen and oxygen atoms in total. The number of aromatic carboxylic acids is 1. The number of sulfonamides is 1. The number of rotatable bonds is 7. The van der Waals surface area contributed by atoms with Gasteiger partial charge in [-0.2, -0.15) is 0 Å². The van der Waals surface area contributed by atoms with Gasteiger partial charge in [-0.15, -0.1) is 0 Å². The van der Waals surface area contributed by atoms with Gasteiger partial charge < -0.3 is 10.4 Å². The number of hydrogen-bond acceptors (Lipinski definition) is 4. The third kappa shape index (κ3) is 4.26. The highest BCUT2D eigenvalue weighted by Gasteiger charge is 2.21. The van der Waals surface area contributed by atoms with Crippen molar-refractivity contribution in [3.8, 4) is 0 Å². The fraction of sp³-hybridized carbons (Fsp3) is 0.235. The van der Waals surface area contributed by atoms with E-state index in [0.717, 1.165) is 6.42 Å². The lowest BCUT2D eigenvalue weighted by atomic mass is 10.2. The highest BCUT2D eigenvalue weighted by atomic mass is 32.2. The van der Waals surface area contributed by atoms with E-state index in [9.17, 15) is 13.2 Å². The fourth-order valence-corrected chi connectivity index (χ4v) is 3.34. The van der Waals surface area contributed by atoms with Crippen LogP contribution in [-0.4, -0.2) is 25.5 Å². The maximum absolute atomic E-state index is 12.7. The van der Waals surface area contributed by atoms with Crippen LogP contribution in [0.1, 0.15) is 30.6 Å². The minimum Gasteiger partial charge on any atom is -0.478 e. The zero-order chi connectivity index (χ0) is 17.7. The summed E-state index contributed by atoms with van der Waals surface area (Å²) >= 11 is 0. The highest BCUT2D eigenvalue weighted by molar-refractivity contribution is 7.92. The van der Waals surface area contributed by atoms with Gasteiger partial charge >= 0.3 is 5.97 Å². The molecule has 0 radical (unpaired) electrons. The molecular formula is C17H20N2O4S. The molecular weight excluding hydrogens is 328 g/mol. The minimum absolute atomic E-state index is 0.0475. The third-order valence-electron chi connectivity index (χ3n) is 3.56. The zero-order valence-electron chi connectivity index (χ0n) is 13.5. The van der Waals surface area contributed by atoms with Crippen LogP contribution in [0.5, 0.6) is 0 Å². The Morgan fingerprint density at radius 3 is 2.42 bits per heavy atom. The lowest BCUT2D eigenvalue weighted by molar-refractivity contribution is 0.0696. The monoisotopic (exact) mass is 348 g/mol. The number of nitrogens with one attached hydrogen (secondary N) is 2.